The molecule has 0 aliphatic rings. The summed E-state index contributed by atoms with van der Waals surface area (Å²) in [5, 5.41) is 8.57. The van der Waals surface area contributed by atoms with Gasteiger partial charge in [0.15, 0.2) is 0 Å². The number of anilines is 1. The third kappa shape index (κ3) is 1.52. The molecule has 0 bridgehead atoms. The van der Waals surface area contributed by atoms with Gasteiger partial charge in [-0.05, 0) is 40.5 Å². The molecule has 0 atom stereocenters. The summed E-state index contributed by atoms with van der Waals surface area (Å²) in [6.45, 7) is 1.88. The van der Waals surface area contributed by atoms with Gasteiger partial charge in [0.1, 0.15) is 0 Å². The number of nitriles is 1. The van der Waals surface area contributed by atoms with Gasteiger partial charge in [0.05, 0.1) is 11.6 Å². The number of nitrogens with zero attached hydrogens (tertiary/aromatic N) is 1. The van der Waals surface area contributed by atoms with Crippen LogP contribution in [-0.2, 0) is 0 Å². The van der Waals surface area contributed by atoms with E-state index in [0.29, 0.717) is 11.3 Å². The maximum Gasteiger partial charge on any atom is 0.0992 e. The molecule has 2 nitrogen and oxygen atoms in total. The number of aryl methyl sites for hydroxylation is 1. The third-order valence-electron chi connectivity index (χ3n) is 1.47. The fourth-order valence-corrected chi connectivity index (χ4v) is 1.38. The van der Waals surface area contributed by atoms with Crippen LogP contribution in [0.25, 0.3) is 0 Å². The van der Waals surface area contributed by atoms with Crippen molar-refractivity contribution in [2.24, 2.45) is 0 Å². The van der Waals surface area contributed by atoms with Crippen molar-refractivity contribution in [3.05, 3.63) is 27.7 Å². The summed E-state index contributed by atoms with van der Waals surface area (Å²) < 4.78 is 0.786. The largest absolute Gasteiger partial charge is 0.398 e. The minimum Gasteiger partial charge on any atom is -0.398 e. The Balaban J connectivity index is 3.35. The van der Waals surface area contributed by atoms with E-state index in [1.54, 1.807) is 12.1 Å². The van der Waals surface area contributed by atoms with Crippen molar-refractivity contribution in [3.8, 4) is 6.07 Å². The smallest absolute Gasteiger partial charge is 0.0992 e. The molecule has 56 valence electrons. The zero-order valence-corrected chi connectivity index (χ0v) is 7.64. The van der Waals surface area contributed by atoms with Gasteiger partial charge in [-0.15, -0.1) is 0 Å². The molecule has 3 heteroatoms. The van der Waals surface area contributed by atoms with Gasteiger partial charge in [0.25, 0.3) is 0 Å². The molecule has 0 fully saturated rings. The molecule has 0 aliphatic heterocycles. The second-order valence-electron chi connectivity index (χ2n) is 2.30. The Morgan fingerprint density at radius 2 is 2.18 bits per heavy atom. The van der Waals surface area contributed by atoms with Crippen LogP contribution in [0.4, 0.5) is 5.69 Å². The standard InChI is InChI=1S/C8H7BrN2/c1-5-2-6(4-10)3-7(9)8(5)11/h2-3H,11H2,1H3. The fourth-order valence-electron chi connectivity index (χ4n) is 0.820. The first-order valence-electron chi connectivity index (χ1n) is 3.11. The van der Waals surface area contributed by atoms with Crippen LogP contribution in [0, 0.1) is 18.3 Å². The molecule has 0 radical (unpaired) electrons. The van der Waals surface area contributed by atoms with Gasteiger partial charge in [-0.2, -0.15) is 5.26 Å². The summed E-state index contributed by atoms with van der Waals surface area (Å²) in [4.78, 5) is 0. The van der Waals surface area contributed by atoms with Gasteiger partial charge in [-0.1, -0.05) is 0 Å². The molecule has 0 aromatic heterocycles. The van der Waals surface area contributed by atoms with Crippen molar-refractivity contribution < 1.29 is 0 Å². The second kappa shape index (κ2) is 2.93. The van der Waals surface area contributed by atoms with Gasteiger partial charge in [-0.25, -0.2) is 0 Å². The van der Waals surface area contributed by atoms with E-state index < -0.39 is 0 Å². The Labute approximate surface area is 73.8 Å². The van der Waals surface area contributed by atoms with E-state index in [9.17, 15) is 0 Å². The number of halogens is 1. The highest BCUT2D eigenvalue weighted by Crippen LogP contribution is 2.24. The summed E-state index contributed by atoms with van der Waals surface area (Å²) >= 11 is 3.26. The van der Waals surface area contributed by atoms with Gasteiger partial charge in [-0.3, -0.25) is 0 Å². The average molecular weight is 211 g/mol. The minimum absolute atomic E-state index is 0.628. The molecule has 0 heterocycles. The molecule has 0 spiro atoms. The second-order valence-corrected chi connectivity index (χ2v) is 3.15. The predicted molar refractivity (Wildman–Crippen MR) is 48.0 cm³/mol. The Hall–Kier alpha value is -1.01. The van der Waals surface area contributed by atoms with E-state index in [4.69, 9.17) is 11.0 Å². The van der Waals surface area contributed by atoms with E-state index in [1.165, 1.54) is 0 Å². The van der Waals surface area contributed by atoms with Crippen LogP contribution in [0.1, 0.15) is 11.1 Å². The van der Waals surface area contributed by atoms with Crippen LogP contribution in [0.2, 0.25) is 0 Å². The van der Waals surface area contributed by atoms with E-state index >= 15 is 0 Å². The van der Waals surface area contributed by atoms with E-state index in [1.807, 2.05) is 6.92 Å². The number of hydrogen-bond acceptors (Lipinski definition) is 2. The van der Waals surface area contributed by atoms with Crippen molar-refractivity contribution >= 4 is 21.6 Å². The number of rotatable bonds is 0. The monoisotopic (exact) mass is 210 g/mol. The quantitative estimate of drug-likeness (QED) is 0.668. The van der Waals surface area contributed by atoms with Crippen LogP contribution < -0.4 is 5.73 Å². The molecule has 0 aliphatic carbocycles. The summed E-state index contributed by atoms with van der Waals surface area (Å²) in [6, 6.07) is 5.52. The molecule has 0 saturated heterocycles. The first kappa shape index (κ1) is 8.09. The minimum atomic E-state index is 0.628. The summed E-state index contributed by atoms with van der Waals surface area (Å²) in [5.41, 5.74) is 7.90. The number of benzene rings is 1. The highest BCUT2D eigenvalue weighted by atomic mass is 79.9. The maximum absolute atomic E-state index is 8.57. The maximum atomic E-state index is 8.57. The first-order valence-corrected chi connectivity index (χ1v) is 3.90. The highest BCUT2D eigenvalue weighted by Gasteiger charge is 2.00. The molecule has 0 unspecified atom stereocenters. The predicted octanol–water partition coefficient (Wildman–Crippen LogP) is 2.21. The summed E-state index contributed by atoms with van der Waals surface area (Å²) in [5.74, 6) is 0. The van der Waals surface area contributed by atoms with Gasteiger partial charge in [0.2, 0.25) is 0 Å². The van der Waals surface area contributed by atoms with Crippen molar-refractivity contribution in [1.29, 1.82) is 5.26 Å². The van der Waals surface area contributed by atoms with Crippen LogP contribution in [0.5, 0.6) is 0 Å². The molecule has 11 heavy (non-hydrogen) atoms. The lowest BCUT2D eigenvalue weighted by Gasteiger charge is -2.01. The van der Waals surface area contributed by atoms with Gasteiger partial charge in [0, 0.05) is 10.2 Å². The van der Waals surface area contributed by atoms with Crippen molar-refractivity contribution in [2.75, 3.05) is 5.73 Å². The van der Waals surface area contributed by atoms with Crippen LogP contribution in [-0.4, -0.2) is 0 Å². The van der Waals surface area contributed by atoms with Crippen LogP contribution in [0.15, 0.2) is 16.6 Å². The molecule has 1 aromatic rings. The Morgan fingerprint density at radius 1 is 1.55 bits per heavy atom. The van der Waals surface area contributed by atoms with Crippen LogP contribution >= 0.6 is 15.9 Å². The zero-order valence-electron chi connectivity index (χ0n) is 6.06. The van der Waals surface area contributed by atoms with E-state index in [2.05, 4.69) is 22.0 Å². The zero-order chi connectivity index (χ0) is 8.43. The van der Waals surface area contributed by atoms with Crippen LogP contribution in [0.3, 0.4) is 0 Å². The molecule has 2 N–H and O–H groups in total. The number of hydrogen-bond donors (Lipinski definition) is 1. The Morgan fingerprint density at radius 3 is 2.64 bits per heavy atom. The molecular weight excluding hydrogens is 204 g/mol. The molecule has 1 aromatic carbocycles. The topological polar surface area (TPSA) is 49.8 Å². The number of nitrogen functional groups attached to an aromatic ring is 1. The van der Waals surface area contributed by atoms with Gasteiger partial charge < -0.3 is 5.73 Å². The molecule has 0 saturated carbocycles. The summed E-state index contributed by atoms with van der Waals surface area (Å²) in [7, 11) is 0. The van der Waals surface area contributed by atoms with E-state index in [0.717, 1.165) is 10.0 Å². The fraction of sp³-hybridized carbons (Fsp3) is 0.125. The van der Waals surface area contributed by atoms with E-state index in [-0.39, 0.29) is 0 Å². The summed E-state index contributed by atoms with van der Waals surface area (Å²) in [6.07, 6.45) is 0. The number of nitrogens with two attached hydrogens (primary N) is 1. The molecule has 1 rings (SSSR count). The molecule has 0 amide bonds. The lowest BCUT2D eigenvalue weighted by atomic mass is 10.1. The molecular formula is C8H7BrN2. The van der Waals surface area contributed by atoms with Crippen molar-refractivity contribution in [1.82, 2.24) is 0 Å². The van der Waals surface area contributed by atoms with Gasteiger partial charge >= 0.3 is 0 Å². The normalized spacial score (nSPS) is 9.18. The lowest BCUT2D eigenvalue weighted by Crippen LogP contribution is -1.91. The lowest BCUT2D eigenvalue weighted by molar-refractivity contribution is 1.41. The average Bonchev–Trinajstić information content (AvgIpc) is 1.99. The highest BCUT2D eigenvalue weighted by molar-refractivity contribution is 9.10. The Bertz CT molecular complexity index is 302. The first-order chi connectivity index (χ1) is 5.15. The van der Waals surface area contributed by atoms with Crippen molar-refractivity contribution in [2.45, 2.75) is 6.92 Å². The SMILES string of the molecule is Cc1cc(C#N)cc(Br)c1N. The Kier molecular flexibility index (Phi) is 2.16. The third-order valence-corrected chi connectivity index (χ3v) is 2.12. The van der Waals surface area contributed by atoms with Crippen molar-refractivity contribution in [3.63, 3.8) is 0 Å².